The highest BCUT2D eigenvalue weighted by molar-refractivity contribution is 6.08. The van der Waals surface area contributed by atoms with E-state index in [0.717, 1.165) is 11.1 Å². The van der Waals surface area contributed by atoms with Gasteiger partial charge in [-0.25, -0.2) is 0 Å². The minimum Gasteiger partial charge on any atom is -0.308 e. The molecule has 0 fully saturated rings. The third-order valence-electron chi connectivity index (χ3n) is 2.79. The number of hydrogen-bond donors (Lipinski definition) is 1. The number of nitrogens with one attached hydrogen (secondary N) is 1. The van der Waals surface area contributed by atoms with Crippen molar-refractivity contribution < 1.29 is 0 Å². The zero-order chi connectivity index (χ0) is 14.1. The largest absolute Gasteiger partial charge is 0.308 e. The van der Waals surface area contributed by atoms with Crippen LogP contribution in [0.25, 0.3) is 5.57 Å². The van der Waals surface area contributed by atoms with E-state index < -0.39 is 0 Å². The summed E-state index contributed by atoms with van der Waals surface area (Å²) in [6.07, 6.45) is 3.32. The van der Waals surface area contributed by atoms with E-state index in [1.165, 1.54) is 17.3 Å². The maximum absolute atomic E-state index is 7.16. The molecule has 98 valence electrons. The second-order valence-electron chi connectivity index (χ2n) is 4.41. The minimum atomic E-state index is 0.968. The topological polar surface area (TPSA) is 23.9 Å². The lowest BCUT2D eigenvalue weighted by Crippen LogP contribution is -1.84. The van der Waals surface area contributed by atoms with Gasteiger partial charge in [-0.15, -0.1) is 0 Å². The molecule has 1 nitrogen and oxygen atoms in total. The molecule has 0 unspecified atom stereocenters. The average Bonchev–Trinajstić information content (AvgIpc) is 2.44. The SMILES string of the molecule is C/C=C(\C=N)c1ccc(C)cc1.Cc1ccccc1. The second kappa shape index (κ2) is 8.04. The molecule has 1 N–H and O–H groups in total. The fourth-order valence-corrected chi connectivity index (χ4v) is 1.61. The third kappa shape index (κ3) is 5.35. The first-order chi connectivity index (χ1) is 9.17. The number of aryl methyl sites for hydroxylation is 2. The van der Waals surface area contributed by atoms with E-state index in [4.69, 9.17) is 5.41 Å². The molecule has 2 aromatic carbocycles. The van der Waals surface area contributed by atoms with Crippen molar-refractivity contribution in [3.8, 4) is 0 Å². The highest BCUT2D eigenvalue weighted by Crippen LogP contribution is 2.12. The molecule has 1 heteroatoms. The van der Waals surface area contributed by atoms with Crippen molar-refractivity contribution in [2.75, 3.05) is 0 Å². The molecule has 19 heavy (non-hydrogen) atoms. The van der Waals surface area contributed by atoms with Crippen molar-refractivity contribution in [3.05, 3.63) is 77.4 Å². The van der Waals surface area contributed by atoms with E-state index in [1.54, 1.807) is 0 Å². The van der Waals surface area contributed by atoms with Crippen LogP contribution in [-0.2, 0) is 0 Å². The lowest BCUT2D eigenvalue weighted by molar-refractivity contribution is 1.45. The summed E-state index contributed by atoms with van der Waals surface area (Å²) < 4.78 is 0. The van der Waals surface area contributed by atoms with Crippen molar-refractivity contribution >= 4 is 11.8 Å². The lowest BCUT2D eigenvalue weighted by Gasteiger charge is -2.00. The number of benzene rings is 2. The molecule has 0 amide bonds. The van der Waals surface area contributed by atoms with Crippen LogP contribution >= 0.6 is 0 Å². The van der Waals surface area contributed by atoms with Gasteiger partial charge in [0.2, 0.25) is 0 Å². The Morgan fingerprint density at radius 1 is 0.842 bits per heavy atom. The first-order valence-corrected chi connectivity index (χ1v) is 6.43. The minimum absolute atomic E-state index is 0.968. The molecular formula is C18H21N. The standard InChI is InChI=1S/C11H13N.C7H8/c1-3-10(8-12)11-6-4-9(2)5-7-11;1-7-5-3-2-4-6-7/h3-8,12H,1-2H3;2-6H,1H3/b10-3+,12-8?;. The Hall–Kier alpha value is -2.15. The fraction of sp³-hybridized carbons (Fsp3) is 0.167. The first-order valence-electron chi connectivity index (χ1n) is 6.43. The number of hydrogen-bond acceptors (Lipinski definition) is 1. The van der Waals surface area contributed by atoms with Crippen LogP contribution in [0, 0.1) is 19.3 Å². The highest BCUT2D eigenvalue weighted by Gasteiger charge is 1.94. The summed E-state index contributed by atoms with van der Waals surface area (Å²) in [5.41, 5.74) is 4.65. The monoisotopic (exact) mass is 251 g/mol. The van der Waals surface area contributed by atoms with E-state index in [9.17, 15) is 0 Å². The molecule has 0 saturated heterocycles. The summed E-state index contributed by atoms with van der Waals surface area (Å²) in [6, 6.07) is 18.5. The highest BCUT2D eigenvalue weighted by atomic mass is 14.3. The maximum atomic E-state index is 7.16. The molecule has 0 radical (unpaired) electrons. The Bertz CT molecular complexity index is 521. The Morgan fingerprint density at radius 3 is 1.74 bits per heavy atom. The van der Waals surface area contributed by atoms with Crippen LogP contribution in [0.2, 0.25) is 0 Å². The quantitative estimate of drug-likeness (QED) is 0.723. The van der Waals surface area contributed by atoms with Gasteiger partial charge in [-0.3, -0.25) is 0 Å². The van der Waals surface area contributed by atoms with Gasteiger partial charge in [-0.05, 0) is 31.9 Å². The average molecular weight is 251 g/mol. The maximum Gasteiger partial charge on any atom is 0.0253 e. The van der Waals surface area contributed by atoms with Gasteiger partial charge in [0.15, 0.2) is 0 Å². The summed E-state index contributed by atoms with van der Waals surface area (Å²) in [5.74, 6) is 0. The third-order valence-corrected chi connectivity index (χ3v) is 2.79. The van der Waals surface area contributed by atoms with Gasteiger partial charge < -0.3 is 5.41 Å². The van der Waals surface area contributed by atoms with Gasteiger partial charge in [0, 0.05) is 6.21 Å². The van der Waals surface area contributed by atoms with E-state index in [1.807, 2.05) is 43.3 Å². The van der Waals surface area contributed by atoms with Gasteiger partial charge in [-0.2, -0.15) is 0 Å². The fourth-order valence-electron chi connectivity index (χ4n) is 1.61. The van der Waals surface area contributed by atoms with Gasteiger partial charge in [-0.1, -0.05) is 71.8 Å². The molecule has 0 aliphatic heterocycles. The summed E-state index contributed by atoms with van der Waals surface area (Å²) >= 11 is 0. The molecule has 2 rings (SSSR count). The van der Waals surface area contributed by atoms with Crippen molar-refractivity contribution in [2.45, 2.75) is 20.8 Å². The van der Waals surface area contributed by atoms with Gasteiger partial charge >= 0.3 is 0 Å². The van der Waals surface area contributed by atoms with Crippen LogP contribution in [0.4, 0.5) is 0 Å². The zero-order valence-electron chi connectivity index (χ0n) is 11.9. The van der Waals surface area contributed by atoms with Crippen LogP contribution in [0.15, 0.2) is 60.7 Å². The van der Waals surface area contributed by atoms with Crippen molar-refractivity contribution in [1.29, 1.82) is 5.41 Å². The summed E-state index contributed by atoms with van der Waals surface area (Å²) in [6.45, 7) is 6.09. The van der Waals surface area contributed by atoms with Crippen LogP contribution in [0.5, 0.6) is 0 Å². The number of allylic oxidation sites excluding steroid dienone is 2. The molecule has 0 spiro atoms. The van der Waals surface area contributed by atoms with E-state index in [2.05, 4.69) is 38.1 Å². The smallest absolute Gasteiger partial charge is 0.0253 e. The van der Waals surface area contributed by atoms with E-state index in [-0.39, 0.29) is 0 Å². The summed E-state index contributed by atoms with van der Waals surface area (Å²) in [5, 5.41) is 7.16. The van der Waals surface area contributed by atoms with Crippen molar-refractivity contribution in [2.24, 2.45) is 0 Å². The molecule has 0 aliphatic rings. The zero-order valence-corrected chi connectivity index (χ0v) is 11.9. The Labute approximate surface area is 116 Å². The summed E-state index contributed by atoms with van der Waals surface area (Å²) in [7, 11) is 0. The Balaban J connectivity index is 0.000000218. The lowest BCUT2D eigenvalue weighted by atomic mass is 10.1. The van der Waals surface area contributed by atoms with Crippen LogP contribution in [0.3, 0.4) is 0 Å². The normalized spacial score (nSPS) is 10.4. The van der Waals surface area contributed by atoms with Gasteiger partial charge in [0.25, 0.3) is 0 Å². The molecule has 2 aromatic rings. The molecular weight excluding hydrogens is 230 g/mol. The van der Waals surface area contributed by atoms with Crippen molar-refractivity contribution in [3.63, 3.8) is 0 Å². The van der Waals surface area contributed by atoms with Crippen molar-refractivity contribution in [1.82, 2.24) is 0 Å². The van der Waals surface area contributed by atoms with Gasteiger partial charge in [0.05, 0.1) is 0 Å². The summed E-state index contributed by atoms with van der Waals surface area (Å²) in [4.78, 5) is 0. The van der Waals surface area contributed by atoms with Gasteiger partial charge in [0.1, 0.15) is 0 Å². The van der Waals surface area contributed by atoms with Crippen LogP contribution < -0.4 is 0 Å². The first kappa shape index (κ1) is 14.9. The predicted molar refractivity (Wildman–Crippen MR) is 84.8 cm³/mol. The molecule has 0 atom stereocenters. The van der Waals surface area contributed by atoms with Crippen LogP contribution in [0.1, 0.15) is 23.6 Å². The predicted octanol–water partition coefficient (Wildman–Crippen LogP) is 5.04. The Kier molecular flexibility index (Phi) is 6.31. The molecule has 0 aromatic heterocycles. The molecule has 0 saturated carbocycles. The van der Waals surface area contributed by atoms with E-state index in [0.29, 0.717) is 0 Å². The van der Waals surface area contributed by atoms with Crippen LogP contribution in [-0.4, -0.2) is 6.21 Å². The molecule has 0 bridgehead atoms. The second-order valence-corrected chi connectivity index (χ2v) is 4.41. The Morgan fingerprint density at radius 2 is 1.37 bits per heavy atom. The molecule has 0 aliphatic carbocycles. The molecule has 0 heterocycles. The van der Waals surface area contributed by atoms with E-state index >= 15 is 0 Å². The number of rotatable bonds is 2.